The number of hydrogen-bond acceptors (Lipinski definition) is 6. The van der Waals surface area contributed by atoms with Gasteiger partial charge < -0.3 is 20.1 Å². The Morgan fingerprint density at radius 1 is 0.879 bits per heavy atom. The molecule has 3 aromatic carbocycles. The van der Waals surface area contributed by atoms with Gasteiger partial charge in [0, 0.05) is 28.9 Å². The minimum Gasteiger partial charge on any atom is -0.493 e. The number of anilines is 3. The highest BCUT2D eigenvalue weighted by Gasteiger charge is 2.12. The van der Waals surface area contributed by atoms with Crippen LogP contribution in [0.25, 0.3) is 10.9 Å². The first-order valence-corrected chi connectivity index (χ1v) is 9.94. The molecule has 2 N–H and O–H groups in total. The summed E-state index contributed by atoms with van der Waals surface area (Å²) in [4.78, 5) is 20.8. The fourth-order valence-corrected chi connectivity index (χ4v) is 3.36. The Morgan fingerprint density at radius 3 is 2.18 bits per heavy atom. The lowest BCUT2D eigenvalue weighted by Crippen LogP contribution is -2.14. The molecule has 0 saturated heterocycles. The zero-order valence-electron chi connectivity index (χ0n) is 17.9. The molecule has 0 saturated carbocycles. The first-order chi connectivity index (χ1) is 15.9. The van der Waals surface area contributed by atoms with Crippen LogP contribution in [0, 0.1) is 11.6 Å². The van der Waals surface area contributed by atoms with Crippen molar-refractivity contribution in [3.63, 3.8) is 0 Å². The SMILES string of the molecule is COc1cc2ncnc(Nc3ccc(NC(=O)Cc4cc(F)cc(F)c4)cc3)c2cc1OC. The normalized spacial score (nSPS) is 10.7. The van der Waals surface area contributed by atoms with E-state index in [1.54, 1.807) is 50.6 Å². The van der Waals surface area contributed by atoms with Gasteiger partial charge in [0.1, 0.15) is 23.8 Å². The molecule has 168 valence electrons. The van der Waals surface area contributed by atoms with Gasteiger partial charge in [-0.25, -0.2) is 18.7 Å². The van der Waals surface area contributed by atoms with Gasteiger partial charge in [-0.05, 0) is 48.0 Å². The summed E-state index contributed by atoms with van der Waals surface area (Å²) in [6.07, 6.45) is 1.30. The van der Waals surface area contributed by atoms with Crippen molar-refractivity contribution in [2.75, 3.05) is 24.9 Å². The van der Waals surface area contributed by atoms with Crippen LogP contribution in [0.3, 0.4) is 0 Å². The second kappa shape index (κ2) is 9.47. The van der Waals surface area contributed by atoms with Gasteiger partial charge in [0.15, 0.2) is 11.5 Å². The number of fused-ring (bicyclic) bond motifs is 1. The zero-order chi connectivity index (χ0) is 23.4. The standard InChI is InChI=1S/C24H20F2N4O3/c1-32-21-11-19-20(12-22(21)33-2)27-13-28-24(19)30-18-5-3-17(4-6-18)29-23(31)9-14-7-15(25)10-16(26)8-14/h3-8,10-13H,9H2,1-2H3,(H,29,31)(H,27,28,30). The molecule has 0 aliphatic heterocycles. The number of nitrogens with one attached hydrogen (secondary N) is 2. The number of benzene rings is 3. The minimum atomic E-state index is -0.721. The third-order valence-corrected chi connectivity index (χ3v) is 4.86. The Balaban J connectivity index is 1.47. The Labute approximate surface area is 188 Å². The molecule has 0 aliphatic carbocycles. The molecule has 0 spiro atoms. The van der Waals surface area contributed by atoms with Crippen molar-refractivity contribution < 1.29 is 23.0 Å². The summed E-state index contributed by atoms with van der Waals surface area (Å²) in [5.74, 6) is -0.132. The van der Waals surface area contributed by atoms with Crippen LogP contribution >= 0.6 is 0 Å². The van der Waals surface area contributed by atoms with E-state index >= 15 is 0 Å². The third kappa shape index (κ3) is 5.15. The first kappa shape index (κ1) is 21.9. The van der Waals surface area contributed by atoms with E-state index in [4.69, 9.17) is 9.47 Å². The molecule has 1 aromatic heterocycles. The first-order valence-electron chi connectivity index (χ1n) is 9.94. The van der Waals surface area contributed by atoms with Gasteiger partial charge in [0.25, 0.3) is 0 Å². The number of nitrogens with zero attached hydrogens (tertiary/aromatic N) is 2. The lowest BCUT2D eigenvalue weighted by Gasteiger charge is -2.12. The Hall–Kier alpha value is -4.27. The maximum Gasteiger partial charge on any atom is 0.228 e. The molecule has 0 unspecified atom stereocenters. The Kier molecular flexibility index (Phi) is 6.30. The average Bonchev–Trinajstić information content (AvgIpc) is 2.79. The Morgan fingerprint density at radius 2 is 1.52 bits per heavy atom. The summed E-state index contributed by atoms with van der Waals surface area (Å²) in [6.45, 7) is 0. The number of hydrogen-bond donors (Lipinski definition) is 2. The van der Waals surface area contributed by atoms with Crippen molar-refractivity contribution in [1.29, 1.82) is 0 Å². The van der Waals surface area contributed by atoms with Crippen LogP contribution in [0.1, 0.15) is 5.56 Å². The third-order valence-electron chi connectivity index (χ3n) is 4.86. The topological polar surface area (TPSA) is 85.4 Å². The molecule has 0 bridgehead atoms. The van der Waals surface area contributed by atoms with Gasteiger partial charge in [-0.15, -0.1) is 0 Å². The highest BCUT2D eigenvalue weighted by atomic mass is 19.1. The number of ether oxygens (including phenoxy) is 2. The summed E-state index contributed by atoms with van der Waals surface area (Å²) in [7, 11) is 3.11. The fourth-order valence-electron chi connectivity index (χ4n) is 3.36. The van der Waals surface area contributed by atoms with E-state index in [1.807, 2.05) is 0 Å². The predicted octanol–water partition coefficient (Wildman–Crippen LogP) is 4.85. The molecule has 0 atom stereocenters. The molecule has 33 heavy (non-hydrogen) atoms. The zero-order valence-corrected chi connectivity index (χ0v) is 17.9. The highest BCUT2D eigenvalue weighted by molar-refractivity contribution is 5.94. The van der Waals surface area contributed by atoms with Crippen LogP contribution in [-0.4, -0.2) is 30.1 Å². The summed E-state index contributed by atoms with van der Waals surface area (Å²) in [5, 5.41) is 6.68. The van der Waals surface area contributed by atoms with E-state index in [-0.39, 0.29) is 17.9 Å². The summed E-state index contributed by atoms with van der Waals surface area (Å²) >= 11 is 0. The van der Waals surface area contributed by atoms with Crippen LogP contribution in [0.2, 0.25) is 0 Å². The smallest absolute Gasteiger partial charge is 0.228 e. The van der Waals surface area contributed by atoms with Crippen LogP contribution in [0.5, 0.6) is 11.5 Å². The van der Waals surface area contributed by atoms with Crippen molar-refractivity contribution in [2.24, 2.45) is 0 Å². The maximum absolute atomic E-state index is 13.3. The fraction of sp³-hybridized carbons (Fsp3) is 0.125. The van der Waals surface area contributed by atoms with Crippen LogP contribution in [0.4, 0.5) is 26.0 Å². The molecule has 4 rings (SSSR count). The van der Waals surface area contributed by atoms with Crippen LogP contribution < -0.4 is 20.1 Å². The summed E-state index contributed by atoms with van der Waals surface area (Å²) in [6, 6.07) is 13.5. The number of halogens is 2. The van der Waals surface area contributed by atoms with E-state index in [1.165, 1.54) is 6.33 Å². The number of rotatable bonds is 7. The summed E-state index contributed by atoms with van der Waals surface area (Å²) in [5.41, 5.74) is 2.21. The second-order valence-electron chi connectivity index (χ2n) is 7.15. The Bertz CT molecular complexity index is 1290. The van der Waals surface area contributed by atoms with Gasteiger partial charge in [-0.2, -0.15) is 0 Å². The van der Waals surface area contributed by atoms with E-state index in [0.717, 1.165) is 29.3 Å². The van der Waals surface area contributed by atoms with Crippen molar-refractivity contribution in [3.05, 3.63) is 78.1 Å². The number of aromatic nitrogens is 2. The molecule has 7 nitrogen and oxygen atoms in total. The lowest BCUT2D eigenvalue weighted by molar-refractivity contribution is -0.115. The number of carbonyl (C=O) groups excluding carboxylic acids is 1. The largest absolute Gasteiger partial charge is 0.493 e. The van der Waals surface area contributed by atoms with Gasteiger partial charge >= 0.3 is 0 Å². The minimum absolute atomic E-state index is 0.146. The predicted molar refractivity (Wildman–Crippen MR) is 121 cm³/mol. The molecule has 0 fully saturated rings. The maximum atomic E-state index is 13.3. The molecule has 4 aromatic rings. The molecule has 0 aliphatic rings. The van der Waals surface area contributed by atoms with Crippen molar-refractivity contribution in [3.8, 4) is 11.5 Å². The van der Waals surface area contributed by atoms with Crippen LogP contribution in [0.15, 0.2) is 60.9 Å². The number of methoxy groups -OCH3 is 2. The van der Waals surface area contributed by atoms with E-state index in [0.29, 0.717) is 28.5 Å². The molecular weight excluding hydrogens is 430 g/mol. The average molecular weight is 450 g/mol. The van der Waals surface area contributed by atoms with Crippen LogP contribution in [-0.2, 0) is 11.2 Å². The number of amides is 1. The van der Waals surface area contributed by atoms with E-state index in [2.05, 4.69) is 20.6 Å². The van der Waals surface area contributed by atoms with Gasteiger partial charge in [-0.1, -0.05) is 0 Å². The van der Waals surface area contributed by atoms with E-state index < -0.39 is 11.6 Å². The van der Waals surface area contributed by atoms with Gasteiger partial charge in [0.2, 0.25) is 5.91 Å². The van der Waals surface area contributed by atoms with Crippen molar-refractivity contribution >= 4 is 34.0 Å². The monoisotopic (exact) mass is 450 g/mol. The molecule has 1 heterocycles. The second-order valence-corrected chi connectivity index (χ2v) is 7.15. The quantitative estimate of drug-likeness (QED) is 0.419. The molecular formula is C24H20F2N4O3. The van der Waals surface area contributed by atoms with Gasteiger partial charge in [-0.3, -0.25) is 4.79 Å². The molecule has 9 heteroatoms. The number of carbonyl (C=O) groups is 1. The van der Waals surface area contributed by atoms with Gasteiger partial charge in [0.05, 0.1) is 26.2 Å². The van der Waals surface area contributed by atoms with Crippen molar-refractivity contribution in [2.45, 2.75) is 6.42 Å². The molecule has 1 amide bonds. The van der Waals surface area contributed by atoms with Crippen molar-refractivity contribution in [1.82, 2.24) is 9.97 Å². The van der Waals surface area contributed by atoms with E-state index in [9.17, 15) is 13.6 Å². The summed E-state index contributed by atoms with van der Waals surface area (Å²) < 4.78 is 37.3. The lowest BCUT2D eigenvalue weighted by atomic mass is 10.1. The highest BCUT2D eigenvalue weighted by Crippen LogP contribution is 2.34. The molecule has 0 radical (unpaired) electrons.